The van der Waals surface area contributed by atoms with Crippen molar-refractivity contribution >= 4 is 51.7 Å². The van der Waals surface area contributed by atoms with Gasteiger partial charge < -0.3 is 5.73 Å². The van der Waals surface area contributed by atoms with E-state index in [9.17, 15) is 4.79 Å². The largest absolute Gasteiger partial charge is 0.366 e. The van der Waals surface area contributed by atoms with E-state index in [0.29, 0.717) is 5.02 Å². The fourth-order valence-electron chi connectivity index (χ4n) is 0.716. The number of carbonyl (C=O) groups excluding carboxylic acids is 1. The molecule has 0 heterocycles. The van der Waals surface area contributed by atoms with Crippen LogP contribution in [0, 0.1) is 3.57 Å². The summed E-state index contributed by atoms with van der Waals surface area (Å²) in [5.74, 6) is -0.571. The van der Waals surface area contributed by atoms with E-state index < -0.39 is 5.91 Å². The molecule has 5 heteroatoms. The number of hydrogen-bond donors (Lipinski definition) is 1. The van der Waals surface area contributed by atoms with Crippen molar-refractivity contribution < 1.29 is 4.79 Å². The zero-order chi connectivity index (χ0) is 9.30. The van der Waals surface area contributed by atoms with Gasteiger partial charge in [-0.3, -0.25) is 4.79 Å². The molecule has 0 aliphatic rings. The standard InChI is InChI=1S/C7H4Cl2INO/c8-5-3(7(11)12)1-2-4(10)6(5)9/h1-2H,(H2,11,12). The molecule has 0 bridgehead atoms. The van der Waals surface area contributed by atoms with Gasteiger partial charge in [-0.2, -0.15) is 0 Å². The maximum absolute atomic E-state index is 10.8. The summed E-state index contributed by atoms with van der Waals surface area (Å²) in [5, 5.41) is 0.588. The number of benzene rings is 1. The molecule has 1 aromatic carbocycles. The molecule has 0 aromatic heterocycles. The molecule has 2 N–H and O–H groups in total. The Kier molecular flexibility index (Phi) is 3.20. The van der Waals surface area contributed by atoms with Crippen LogP contribution >= 0.6 is 45.8 Å². The molecule has 0 saturated heterocycles. The first kappa shape index (κ1) is 10.1. The molecule has 1 amide bonds. The number of nitrogens with two attached hydrogens (primary N) is 1. The van der Waals surface area contributed by atoms with Crippen LogP contribution in [0.25, 0.3) is 0 Å². The van der Waals surface area contributed by atoms with Crippen molar-refractivity contribution in [3.05, 3.63) is 31.3 Å². The first-order chi connectivity index (χ1) is 5.54. The maximum Gasteiger partial charge on any atom is 0.250 e. The molecule has 0 atom stereocenters. The first-order valence-electron chi connectivity index (χ1n) is 2.97. The minimum absolute atomic E-state index is 0.219. The third-order valence-electron chi connectivity index (χ3n) is 1.30. The number of halogens is 3. The number of rotatable bonds is 1. The Bertz CT molecular complexity index is 340. The highest BCUT2D eigenvalue weighted by Crippen LogP contribution is 2.29. The van der Waals surface area contributed by atoms with Crippen LogP contribution in [-0.2, 0) is 0 Å². The quantitative estimate of drug-likeness (QED) is 0.628. The topological polar surface area (TPSA) is 43.1 Å². The van der Waals surface area contributed by atoms with Gasteiger partial charge in [0.25, 0.3) is 0 Å². The number of hydrogen-bond acceptors (Lipinski definition) is 1. The Labute approximate surface area is 93.2 Å². The van der Waals surface area contributed by atoms with Gasteiger partial charge in [0.1, 0.15) is 0 Å². The molecule has 12 heavy (non-hydrogen) atoms. The molecule has 0 unspecified atom stereocenters. The molecule has 64 valence electrons. The maximum atomic E-state index is 10.8. The fourth-order valence-corrected chi connectivity index (χ4v) is 1.75. The van der Waals surface area contributed by atoms with Gasteiger partial charge >= 0.3 is 0 Å². The van der Waals surface area contributed by atoms with E-state index in [4.69, 9.17) is 28.9 Å². The van der Waals surface area contributed by atoms with Crippen molar-refractivity contribution in [2.75, 3.05) is 0 Å². The van der Waals surface area contributed by atoms with E-state index in [1.54, 1.807) is 12.1 Å². The summed E-state index contributed by atoms with van der Waals surface area (Å²) < 4.78 is 0.796. The zero-order valence-corrected chi connectivity index (χ0v) is 9.44. The number of carbonyl (C=O) groups is 1. The molecule has 2 nitrogen and oxygen atoms in total. The molecule has 0 spiro atoms. The van der Waals surface area contributed by atoms with E-state index >= 15 is 0 Å². The minimum Gasteiger partial charge on any atom is -0.366 e. The third-order valence-corrected chi connectivity index (χ3v) is 3.40. The second kappa shape index (κ2) is 3.81. The lowest BCUT2D eigenvalue weighted by Crippen LogP contribution is -2.11. The second-order valence-corrected chi connectivity index (χ2v) is 4.01. The SMILES string of the molecule is NC(=O)c1ccc(I)c(Cl)c1Cl. The highest BCUT2D eigenvalue weighted by molar-refractivity contribution is 14.1. The van der Waals surface area contributed by atoms with Crippen LogP contribution in [0.5, 0.6) is 0 Å². The summed E-state index contributed by atoms with van der Waals surface area (Å²) >= 11 is 13.6. The Morgan fingerprint density at radius 2 is 1.92 bits per heavy atom. The average Bonchev–Trinajstić information content (AvgIpc) is 2.00. The highest BCUT2D eigenvalue weighted by Gasteiger charge is 2.11. The summed E-state index contributed by atoms with van der Waals surface area (Å²) in [7, 11) is 0. The van der Waals surface area contributed by atoms with Crippen LogP contribution in [0.2, 0.25) is 10.0 Å². The third kappa shape index (κ3) is 1.84. The molecule has 1 aromatic rings. The summed E-state index contributed by atoms with van der Waals surface area (Å²) in [4.78, 5) is 10.8. The Balaban J connectivity index is 3.36. The van der Waals surface area contributed by atoms with Crippen LogP contribution in [0.1, 0.15) is 10.4 Å². The summed E-state index contributed by atoms with van der Waals surface area (Å²) in [6.45, 7) is 0. The van der Waals surface area contributed by atoms with Gasteiger partial charge in [0, 0.05) is 3.57 Å². The van der Waals surface area contributed by atoms with E-state index in [1.165, 1.54) is 0 Å². The lowest BCUT2D eigenvalue weighted by Gasteiger charge is -2.02. The van der Waals surface area contributed by atoms with Crippen LogP contribution in [-0.4, -0.2) is 5.91 Å². The fraction of sp³-hybridized carbons (Fsp3) is 0. The highest BCUT2D eigenvalue weighted by atomic mass is 127. The summed E-state index contributed by atoms with van der Waals surface area (Å²) in [6, 6.07) is 3.24. The van der Waals surface area contributed by atoms with Crippen LogP contribution in [0.3, 0.4) is 0 Å². The minimum atomic E-state index is -0.571. The summed E-state index contributed by atoms with van der Waals surface area (Å²) in [5.41, 5.74) is 5.30. The average molecular weight is 316 g/mol. The predicted octanol–water partition coefficient (Wildman–Crippen LogP) is 2.70. The summed E-state index contributed by atoms with van der Waals surface area (Å²) in [6.07, 6.45) is 0. The monoisotopic (exact) mass is 315 g/mol. The van der Waals surface area contributed by atoms with Crippen LogP contribution < -0.4 is 5.73 Å². The van der Waals surface area contributed by atoms with Gasteiger partial charge in [-0.1, -0.05) is 23.2 Å². The van der Waals surface area contributed by atoms with Gasteiger partial charge in [-0.05, 0) is 34.7 Å². The van der Waals surface area contributed by atoms with E-state index in [1.807, 2.05) is 22.6 Å². The van der Waals surface area contributed by atoms with Gasteiger partial charge in [0.05, 0.1) is 15.6 Å². The molecule has 0 radical (unpaired) electrons. The molecular formula is C7H4Cl2INO. The van der Waals surface area contributed by atoms with Crippen molar-refractivity contribution in [3.63, 3.8) is 0 Å². The van der Waals surface area contributed by atoms with Crippen molar-refractivity contribution in [1.29, 1.82) is 0 Å². The molecule has 0 aliphatic carbocycles. The normalized spacial score (nSPS) is 9.92. The Morgan fingerprint density at radius 1 is 1.33 bits per heavy atom. The number of amides is 1. The lowest BCUT2D eigenvalue weighted by molar-refractivity contribution is 0.100. The van der Waals surface area contributed by atoms with E-state index in [-0.39, 0.29) is 10.6 Å². The van der Waals surface area contributed by atoms with Crippen LogP contribution in [0.15, 0.2) is 12.1 Å². The lowest BCUT2D eigenvalue weighted by atomic mass is 10.2. The van der Waals surface area contributed by atoms with Gasteiger partial charge in [-0.25, -0.2) is 0 Å². The predicted molar refractivity (Wildman–Crippen MR) is 57.7 cm³/mol. The Hall–Kier alpha value is -0.000000000000000111. The molecule has 0 fully saturated rings. The van der Waals surface area contributed by atoms with Gasteiger partial charge in [-0.15, -0.1) is 0 Å². The molecule has 0 saturated carbocycles. The second-order valence-electron chi connectivity index (χ2n) is 2.09. The van der Waals surface area contributed by atoms with E-state index in [0.717, 1.165) is 3.57 Å². The van der Waals surface area contributed by atoms with Crippen molar-refractivity contribution in [2.24, 2.45) is 5.73 Å². The van der Waals surface area contributed by atoms with Crippen molar-refractivity contribution in [3.8, 4) is 0 Å². The Morgan fingerprint density at radius 3 is 2.42 bits per heavy atom. The number of primary amides is 1. The molecule has 0 aliphatic heterocycles. The zero-order valence-electron chi connectivity index (χ0n) is 5.77. The molecule has 1 rings (SSSR count). The smallest absolute Gasteiger partial charge is 0.250 e. The molecular weight excluding hydrogens is 312 g/mol. The van der Waals surface area contributed by atoms with Gasteiger partial charge in [0.15, 0.2) is 0 Å². The van der Waals surface area contributed by atoms with Crippen molar-refractivity contribution in [2.45, 2.75) is 0 Å². The van der Waals surface area contributed by atoms with Gasteiger partial charge in [0.2, 0.25) is 5.91 Å². The van der Waals surface area contributed by atoms with Crippen LogP contribution in [0.4, 0.5) is 0 Å². The van der Waals surface area contributed by atoms with Crippen molar-refractivity contribution in [1.82, 2.24) is 0 Å². The van der Waals surface area contributed by atoms with E-state index in [2.05, 4.69) is 0 Å². The first-order valence-corrected chi connectivity index (χ1v) is 4.81.